The minimum Gasteiger partial charge on any atom is -0.352 e. The van der Waals surface area contributed by atoms with Crippen molar-refractivity contribution < 1.29 is 4.79 Å². The van der Waals surface area contributed by atoms with Gasteiger partial charge in [-0.2, -0.15) is 0 Å². The van der Waals surface area contributed by atoms with E-state index in [0.29, 0.717) is 12.1 Å². The quantitative estimate of drug-likeness (QED) is 0.608. The Labute approximate surface area is 155 Å². The molecule has 3 aromatic rings. The highest BCUT2D eigenvalue weighted by Gasteiger charge is 2.11. The monoisotopic (exact) mass is 349 g/mol. The first-order chi connectivity index (χ1) is 12.7. The summed E-state index contributed by atoms with van der Waals surface area (Å²) in [7, 11) is 0. The molecular formula is C22H27N3O. The fourth-order valence-electron chi connectivity index (χ4n) is 3.18. The van der Waals surface area contributed by atoms with Crippen LogP contribution in [0.2, 0.25) is 0 Å². The Hall–Kier alpha value is -2.62. The molecule has 0 spiro atoms. The Morgan fingerprint density at radius 3 is 2.62 bits per heavy atom. The number of para-hydroxylation sites is 2. The molecule has 0 atom stereocenters. The van der Waals surface area contributed by atoms with Gasteiger partial charge in [-0.1, -0.05) is 49.6 Å². The molecule has 0 unspecified atom stereocenters. The average Bonchev–Trinajstić information content (AvgIpc) is 3.00. The summed E-state index contributed by atoms with van der Waals surface area (Å²) in [5.74, 6) is 1.02. The van der Waals surface area contributed by atoms with E-state index in [-0.39, 0.29) is 5.91 Å². The van der Waals surface area contributed by atoms with Crippen LogP contribution in [0.25, 0.3) is 11.0 Å². The van der Waals surface area contributed by atoms with E-state index in [9.17, 15) is 4.79 Å². The topological polar surface area (TPSA) is 46.9 Å². The number of nitrogens with zero attached hydrogens (tertiary/aromatic N) is 2. The lowest BCUT2D eigenvalue weighted by Gasteiger charge is -2.10. The molecule has 1 N–H and O–H groups in total. The lowest BCUT2D eigenvalue weighted by atomic mass is 10.1. The van der Waals surface area contributed by atoms with E-state index >= 15 is 0 Å². The molecule has 0 aliphatic heterocycles. The first-order valence-electron chi connectivity index (χ1n) is 9.48. The summed E-state index contributed by atoms with van der Waals surface area (Å²) < 4.78 is 2.31. The van der Waals surface area contributed by atoms with Crippen LogP contribution in [0.4, 0.5) is 0 Å². The highest BCUT2D eigenvalue weighted by atomic mass is 16.1. The summed E-state index contributed by atoms with van der Waals surface area (Å²) in [4.78, 5) is 17.1. The molecule has 0 radical (unpaired) electrons. The van der Waals surface area contributed by atoms with Gasteiger partial charge >= 0.3 is 0 Å². The van der Waals surface area contributed by atoms with Crippen LogP contribution in [0.5, 0.6) is 0 Å². The van der Waals surface area contributed by atoms with E-state index in [2.05, 4.69) is 35.0 Å². The minimum atomic E-state index is -0.0290. The van der Waals surface area contributed by atoms with Crippen LogP contribution >= 0.6 is 0 Å². The van der Waals surface area contributed by atoms with Crippen molar-refractivity contribution in [1.29, 1.82) is 0 Å². The maximum absolute atomic E-state index is 12.3. The third kappa shape index (κ3) is 4.31. The van der Waals surface area contributed by atoms with Gasteiger partial charge in [-0.3, -0.25) is 4.79 Å². The maximum atomic E-state index is 12.3. The molecule has 1 heterocycles. The van der Waals surface area contributed by atoms with Crippen molar-refractivity contribution in [2.24, 2.45) is 0 Å². The van der Waals surface area contributed by atoms with Gasteiger partial charge in [0, 0.05) is 25.1 Å². The predicted molar refractivity (Wildman–Crippen MR) is 106 cm³/mol. The summed E-state index contributed by atoms with van der Waals surface area (Å²) in [6.45, 7) is 5.80. The number of hydrogen-bond donors (Lipinski definition) is 1. The molecule has 26 heavy (non-hydrogen) atoms. The molecule has 0 saturated carbocycles. The van der Waals surface area contributed by atoms with Crippen LogP contribution in [0.3, 0.4) is 0 Å². The smallest absolute Gasteiger partial charge is 0.251 e. The van der Waals surface area contributed by atoms with Gasteiger partial charge in [0.1, 0.15) is 5.82 Å². The van der Waals surface area contributed by atoms with Gasteiger partial charge in [-0.25, -0.2) is 4.98 Å². The van der Waals surface area contributed by atoms with Gasteiger partial charge in [0.15, 0.2) is 0 Å². The number of amides is 1. The third-order valence-electron chi connectivity index (χ3n) is 4.67. The summed E-state index contributed by atoms with van der Waals surface area (Å²) in [5, 5.41) is 3.01. The Bertz CT molecular complexity index is 865. The molecule has 4 nitrogen and oxygen atoms in total. The van der Waals surface area contributed by atoms with E-state index in [1.54, 1.807) is 0 Å². The van der Waals surface area contributed by atoms with Crippen LogP contribution in [0.1, 0.15) is 47.9 Å². The van der Waals surface area contributed by atoms with E-state index < -0.39 is 0 Å². The molecule has 0 aliphatic rings. The molecule has 0 bridgehead atoms. The van der Waals surface area contributed by atoms with Crippen molar-refractivity contribution in [3.8, 4) is 0 Å². The lowest BCUT2D eigenvalue weighted by molar-refractivity contribution is 0.0954. The van der Waals surface area contributed by atoms with Gasteiger partial charge in [0.25, 0.3) is 5.91 Å². The summed E-state index contributed by atoms with van der Waals surface area (Å²) in [5.41, 5.74) is 4.07. The number of carbonyl (C=O) groups excluding carboxylic acids is 1. The number of rotatable bonds is 8. The zero-order valence-corrected chi connectivity index (χ0v) is 15.7. The second-order valence-electron chi connectivity index (χ2n) is 6.75. The first kappa shape index (κ1) is 18.2. The summed E-state index contributed by atoms with van der Waals surface area (Å²) in [6, 6.07) is 15.9. The highest BCUT2D eigenvalue weighted by molar-refractivity contribution is 5.94. The standard InChI is InChI=1S/C22H27N3O/c1-3-4-7-16-25-20-9-6-5-8-19(20)24-21(25)14-15-23-22(26)18-12-10-17(2)11-13-18/h5-6,8-13H,3-4,7,14-16H2,1-2H3,(H,23,26). The molecular weight excluding hydrogens is 322 g/mol. The van der Waals surface area contributed by atoms with Crippen molar-refractivity contribution in [2.75, 3.05) is 6.54 Å². The number of aromatic nitrogens is 2. The van der Waals surface area contributed by atoms with Gasteiger partial charge in [0.05, 0.1) is 11.0 Å². The van der Waals surface area contributed by atoms with E-state index in [0.717, 1.165) is 36.3 Å². The molecule has 2 aromatic carbocycles. The number of imidazole rings is 1. The van der Waals surface area contributed by atoms with Crippen molar-refractivity contribution >= 4 is 16.9 Å². The van der Waals surface area contributed by atoms with Crippen LogP contribution in [-0.2, 0) is 13.0 Å². The average molecular weight is 349 g/mol. The van der Waals surface area contributed by atoms with E-state index in [1.165, 1.54) is 18.4 Å². The molecule has 1 aromatic heterocycles. The number of fused-ring (bicyclic) bond motifs is 1. The van der Waals surface area contributed by atoms with E-state index in [4.69, 9.17) is 4.98 Å². The fraction of sp³-hybridized carbons (Fsp3) is 0.364. The van der Waals surface area contributed by atoms with Gasteiger partial charge in [-0.15, -0.1) is 0 Å². The zero-order chi connectivity index (χ0) is 18.4. The normalized spacial score (nSPS) is 11.0. The Morgan fingerprint density at radius 2 is 1.85 bits per heavy atom. The zero-order valence-electron chi connectivity index (χ0n) is 15.7. The molecule has 1 amide bonds. The van der Waals surface area contributed by atoms with Crippen molar-refractivity contribution in [1.82, 2.24) is 14.9 Å². The van der Waals surface area contributed by atoms with Gasteiger partial charge < -0.3 is 9.88 Å². The molecule has 4 heteroatoms. The van der Waals surface area contributed by atoms with Crippen molar-refractivity contribution in [2.45, 2.75) is 46.1 Å². The molecule has 0 aliphatic carbocycles. The Balaban J connectivity index is 1.66. The maximum Gasteiger partial charge on any atom is 0.251 e. The van der Waals surface area contributed by atoms with Crippen molar-refractivity contribution in [3.05, 3.63) is 65.5 Å². The molecule has 3 rings (SSSR count). The number of aryl methyl sites for hydroxylation is 2. The number of hydrogen-bond acceptors (Lipinski definition) is 2. The second-order valence-corrected chi connectivity index (χ2v) is 6.75. The number of carbonyl (C=O) groups is 1. The van der Waals surface area contributed by atoms with Crippen LogP contribution in [0.15, 0.2) is 48.5 Å². The fourth-order valence-corrected chi connectivity index (χ4v) is 3.18. The number of benzene rings is 2. The highest BCUT2D eigenvalue weighted by Crippen LogP contribution is 2.17. The Kier molecular flexibility index (Phi) is 6.05. The SMILES string of the molecule is CCCCCn1c(CCNC(=O)c2ccc(C)cc2)nc2ccccc21. The third-order valence-corrected chi connectivity index (χ3v) is 4.67. The van der Waals surface area contributed by atoms with Crippen LogP contribution in [0, 0.1) is 6.92 Å². The van der Waals surface area contributed by atoms with Crippen LogP contribution in [-0.4, -0.2) is 22.0 Å². The summed E-state index contributed by atoms with van der Waals surface area (Å²) in [6.07, 6.45) is 4.31. The second kappa shape index (κ2) is 8.65. The first-order valence-corrected chi connectivity index (χ1v) is 9.48. The van der Waals surface area contributed by atoms with Gasteiger partial charge in [-0.05, 0) is 37.6 Å². The lowest BCUT2D eigenvalue weighted by Crippen LogP contribution is -2.26. The number of nitrogens with one attached hydrogen (secondary N) is 1. The minimum absolute atomic E-state index is 0.0290. The summed E-state index contributed by atoms with van der Waals surface area (Å²) >= 11 is 0. The van der Waals surface area contributed by atoms with E-state index in [1.807, 2.05) is 37.3 Å². The Morgan fingerprint density at radius 1 is 1.08 bits per heavy atom. The predicted octanol–water partition coefficient (Wildman–Crippen LogP) is 4.51. The van der Waals surface area contributed by atoms with Crippen molar-refractivity contribution in [3.63, 3.8) is 0 Å². The van der Waals surface area contributed by atoms with Gasteiger partial charge in [0.2, 0.25) is 0 Å². The molecule has 0 saturated heterocycles. The van der Waals surface area contributed by atoms with Crippen LogP contribution < -0.4 is 5.32 Å². The molecule has 136 valence electrons. The molecule has 0 fully saturated rings. The number of unbranched alkanes of at least 4 members (excludes halogenated alkanes) is 2. The largest absolute Gasteiger partial charge is 0.352 e.